The Labute approximate surface area is 198 Å². The van der Waals surface area contributed by atoms with Crippen LogP contribution in [0.2, 0.25) is 0 Å². The largest absolute Gasteiger partial charge is 0.298 e. The standard InChI is InChI=1S/C27H34Cl2N2/c1-16(2)20-9-21(17(3)4)12-24(11-20)30-15-31(27(29)26(30)28)25-13-22(18(5)6)10-23(14-25)19(7)8/h9-14,16-19H,1-8H3. The van der Waals surface area contributed by atoms with E-state index in [0.29, 0.717) is 34.0 Å². The van der Waals surface area contributed by atoms with Crippen LogP contribution in [0, 0.1) is 6.67 Å². The molecule has 0 aromatic heterocycles. The van der Waals surface area contributed by atoms with Crippen molar-refractivity contribution in [3.63, 3.8) is 0 Å². The van der Waals surface area contributed by atoms with Crippen LogP contribution in [0.25, 0.3) is 0 Å². The summed E-state index contributed by atoms with van der Waals surface area (Å²) in [6.07, 6.45) is 0. The van der Waals surface area contributed by atoms with Crippen LogP contribution in [0.4, 0.5) is 11.4 Å². The zero-order valence-electron chi connectivity index (χ0n) is 19.9. The highest BCUT2D eigenvalue weighted by molar-refractivity contribution is 6.42. The zero-order valence-corrected chi connectivity index (χ0v) is 21.4. The Morgan fingerprint density at radius 1 is 0.516 bits per heavy atom. The molecule has 2 aromatic rings. The first-order chi connectivity index (χ1) is 14.5. The minimum atomic E-state index is 0.422. The predicted molar refractivity (Wildman–Crippen MR) is 136 cm³/mol. The van der Waals surface area contributed by atoms with Crippen molar-refractivity contribution in [1.29, 1.82) is 0 Å². The molecule has 2 radical (unpaired) electrons. The number of benzene rings is 2. The highest BCUT2D eigenvalue weighted by Gasteiger charge is 2.32. The number of halogens is 2. The topological polar surface area (TPSA) is 6.48 Å². The Hall–Kier alpha value is -1.64. The molecule has 0 spiro atoms. The number of nitrogens with zero attached hydrogens (tertiary/aromatic N) is 2. The lowest BCUT2D eigenvalue weighted by Gasteiger charge is -2.24. The van der Waals surface area contributed by atoms with Crippen LogP contribution in [0.15, 0.2) is 46.7 Å². The molecule has 1 aliphatic rings. The first-order valence-corrected chi connectivity index (χ1v) is 12.0. The minimum Gasteiger partial charge on any atom is -0.298 e. The maximum atomic E-state index is 6.75. The van der Waals surface area contributed by atoms with Gasteiger partial charge >= 0.3 is 0 Å². The Kier molecular flexibility index (Phi) is 7.33. The van der Waals surface area contributed by atoms with Crippen molar-refractivity contribution in [3.05, 3.63) is 75.6 Å². The Balaban J connectivity index is 2.04. The molecule has 1 aliphatic heterocycles. The highest BCUT2D eigenvalue weighted by Crippen LogP contribution is 2.42. The molecule has 1 heterocycles. The highest BCUT2D eigenvalue weighted by atomic mass is 35.5. The first-order valence-electron chi connectivity index (χ1n) is 11.2. The summed E-state index contributed by atoms with van der Waals surface area (Å²) in [5, 5.41) is 0.941. The summed E-state index contributed by atoms with van der Waals surface area (Å²) >= 11 is 13.5. The number of anilines is 2. The summed E-state index contributed by atoms with van der Waals surface area (Å²) in [4.78, 5) is 3.75. The van der Waals surface area contributed by atoms with Gasteiger partial charge in [0.05, 0.1) is 0 Å². The van der Waals surface area contributed by atoms with Gasteiger partial charge in [-0.1, -0.05) is 90.7 Å². The van der Waals surface area contributed by atoms with Crippen LogP contribution >= 0.6 is 23.2 Å². The average Bonchev–Trinajstić information content (AvgIpc) is 3.02. The summed E-state index contributed by atoms with van der Waals surface area (Å²) in [5.41, 5.74) is 7.11. The van der Waals surface area contributed by atoms with Gasteiger partial charge in [-0.25, -0.2) is 0 Å². The second-order valence-corrected chi connectivity index (χ2v) is 10.4. The lowest BCUT2D eigenvalue weighted by molar-refractivity contribution is 0.831. The minimum absolute atomic E-state index is 0.422. The monoisotopic (exact) mass is 456 g/mol. The predicted octanol–water partition coefficient (Wildman–Crippen LogP) is 9.11. The normalized spacial score (nSPS) is 14.9. The van der Waals surface area contributed by atoms with Gasteiger partial charge in [-0.15, -0.1) is 0 Å². The molecule has 2 aromatic carbocycles. The van der Waals surface area contributed by atoms with E-state index in [1.54, 1.807) is 0 Å². The van der Waals surface area contributed by atoms with Gasteiger partial charge in [-0.2, -0.15) is 0 Å². The number of rotatable bonds is 6. The molecule has 4 heteroatoms. The molecule has 0 N–H and O–H groups in total. The van der Waals surface area contributed by atoms with Gasteiger partial charge in [0.2, 0.25) is 6.67 Å². The molecule has 3 rings (SSSR count). The van der Waals surface area contributed by atoms with Gasteiger partial charge in [0.25, 0.3) is 0 Å². The molecular formula is C27H34Cl2N2. The third-order valence-electron chi connectivity index (χ3n) is 5.87. The van der Waals surface area contributed by atoms with Crippen molar-refractivity contribution in [1.82, 2.24) is 0 Å². The van der Waals surface area contributed by atoms with Crippen LogP contribution in [-0.4, -0.2) is 0 Å². The lowest BCUT2D eigenvalue weighted by Crippen LogP contribution is -2.21. The van der Waals surface area contributed by atoms with Gasteiger partial charge < -0.3 is 0 Å². The quantitative estimate of drug-likeness (QED) is 0.399. The fraction of sp³-hybridized carbons (Fsp3) is 0.444. The average molecular weight is 457 g/mol. The Morgan fingerprint density at radius 2 is 0.774 bits per heavy atom. The van der Waals surface area contributed by atoms with E-state index in [0.717, 1.165) is 11.4 Å². The summed E-state index contributed by atoms with van der Waals surface area (Å²) in [6.45, 7) is 21.1. The van der Waals surface area contributed by atoms with E-state index in [1.165, 1.54) is 22.3 Å². The number of hydrogen-bond acceptors (Lipinski definition) is 2. The molecule has 0 bridgehead atoms. The molecule has 0 unspecified atom stereocenters. The van der Waals surface area contributed by atoms with Crippen molar-refractivity contribution in [2.75, 3.05) is 9.80 Å². The van der Waals surface area contributed by atoms with E-state index in [1.807, 2.05) is 9.80 Å². The van der Waals surface area contributed by atoms with Crippen molar-refractivity contribution < 1.29 is 0 Å². The fourth-order valence-electron chi connectivity index (χ4n) is 3.62. The number of hydrogen-bond donors (Lipinski definition) is 0. The van der Waals surface area contributed by atoms with E-state index < -0.39 is 0 Å². The van der Waals surface area contributed by atoms with Gasteiger partial charge in [0, 0.05) is 11.4 Å². The van der Waals surface area contributed by atoms with Crippen LogP contribution in [0.5, 0.6) is 0 Å². The smallest absolute Gasteiger partial charge is 0.220 e. The summed E-state index contributed by atoms with van der Waals surface area (Å²) in [7, 11) is 0. The molecule has 166 valence electrons. The molecule has 0 saturated heterocycles. The van der Waals surface area contributed by atoms with Crippen molar-refractivity contribution >= 4 is 34.6 Å². The molecule has 31 heavy (non-hydrogen) atoms. The van der Waals surface area contributed by atoms with Crippen molar-refractivity contribution in [2.45, 2.75) is 79.1 Å². The van der Waals surface area contributed by atoms with E-state index in [9.17, 15) is 0 Å². The van der Waals surface area contributed by atoms with Gasteiger partial charge in [-0.3, -0.25) is 9.80 Å². The zero-order chi connectivity index (χ0) is 23.0. The molecule has 0 amide bonds. The molecule has 0 atom stereocenters. The van der Waals surface area contributed by atoms with Crippen LogP contribution in [0.3, 0.4) is 0 Å². The van der Waals surface area contributed by atoms with E-state index >= 15 is 0 Å². The van der Waals surface area contributed by atoms with Gasteiger partial charge in [-0.05, 0) is 70.2 Å². The van der Waals surface area contributed by atoms with E-state index in [4.69, 9.17) is 23.2 Å². The molecule has 2 nitrogen and oxygen atoms in total. The Bertz CT molecular complexity index is 843. The molecule has 0 fully saturated rings. The van der Waals surface area contributed by atoms with Gasteiger partial charge in [0.15, 0.2) is 0 Å². The lowest BCUT2D eigenvalue weighted by atomic mass is 9.94. The second-order valence-electron chi connectivity index (χ2n) is 9.69. The Morgan fingerprint density at radius 3 is 1.00 bits per heavy atom. The van der Waals surface area contributed by atoms with Crippen LogP contribution in [0.1, 0.15) is 101 Å². The van der Waals surface area contributed by atoms with Gasteiger partial charge in [0.1, 0.15) is 10.3 Å². The van der Waals surface area contributed by atoms with E-state index in [2.05, 4.69) is 98.5 Å². The molecular weight excluding hydrogens is 423 g/mol. The first kappa shape index (κ1) is 24.0. The fourth-order valence-corrected chi connectivity index (χ4v) is 4.06. The van der Waals surface area contributed by atoms with Crippen LogP contribution in [-0.2, 0) is 0 Å². The van der Waals surface area contributed by atoms with Crippen molar-refractivity contribution in [2.24, 2.45) is 0 Å². The third-order valence-corrected chi connectivity index (χ3v) is 6.66. The summed E-state index contributed by atoms with van der Waals surface area (Å²) < 4.78 is 0. The molecule has 0 saturated carbocycles. The maximum absolute atomic E-state index is 6.75. The maximum Gasteiger partial charge on any atom is 0.220 e. The van der Waals surface area contributed by atoms with Crippen LogP contribution < -0.4 is 9.80 Å². The molecule has 0 aliphatic carbocycles. The summed E-state index contributed by atoms with van der Waals surface area (Å²) in [5.74, 6) is 1.69. The SMILES string of the molecule is CC(C)c1cc(C(C)C)cc(N2[C]N(c3cc(C(C)C)cc(C(C)C)c3)C(Cl)=C2Cl)c1. The van der Waals surface area contributed by atoms with Crippen molar-refractivity contribution in [3.8, 4) is 0 Å². The third kappa shape index (κ3) is 5.07. The second kappa shape index (κ2) is 9.46. The summed E-state index contributed by atoms with van der Waals surface area (Å²) in [6, 6.07) is 13.3. The van der Waals surface area contributed by atoms with E-state index in [-0.39, 0.29) is 0 Å².